The van der Waals surface area contributed by atoms with Crippen LogP contribution in [0.3, 0.4) is 0 Å². The highest BCUT2D eigenvalue weighted by molar-refractivity contribution is 9.10. The summed E-state index contributed by atoms with van der Waals surface area (Å²) < 4.78 is 8.79. The molecular formula is C14H16BrClN2O. The summed E-state index contributed by atoms with van der Waals surface area (Å²) in [7, 11) is 0. The van der Waals surface area contributed by atoms with Crippen LogP contribution in [0.4, 0.5) is 0 Å². The Labute approximate surface area is 126 Å². The number of halogens is 2. The zero-order valence-corrected chi connectivity index (χ0v) is 13.3. The molecule has 5 heteroatoms. The summed E-state index contributed by atoms with van der Waals surface area (Å²) in [5.74, 6) is 1.32. The van der Waals surface area contributed by atoms with Gasteiger partial charge in [-0.15, -0.1) is 11.6 Å². The predicted molar refractivity (Wildman–Crippen MR) is 80.7 cm³/mol. The van der Waals surface area contributed by atoms with Crippen LogP contribution in [-0.2, 0) is 19.0 Å². The van der Waals surface area contributed by atoms with Crippen LogP contribution in [0.15, 0.2) is 28.7 Å². The first-order chi connectivity index (χ1) is 9.15. The molecule has 19 heavy (non-hydrogen) atoms. The van der Waals surface area contributed by atoms with Crippen molar-refractivity contribution < 1.29 is 4.74 Å². The third-order valence-electron chi connectivity index (χ3n) is 2.88. The van der Waals surface area contributed by atoms with Crippen molar-refractivity contribution in [1.82, 2.24) is 9.78 Å². The van der Waals surface area contributed by atoms with Crippen LogP contribution in [0.1, 0.15) is 23.9 Å². The van der Waals surface area contributed by atoms with E-state index in [1.807, 2.05) is 35.9 Å². The smallest absolute Gasteiger partial charge is 0.131 e. The first kappa shape index (κ1) is 14.4. The zero-order chi connectivity index (χ0) is 13.8. The summed E-state index contributed by atoms with van der Waals surface area (Å²) in [6.07, 6.45) is 0. The van der Waals surface area contributed by atoms with Crippen LogP contribution in [-0.4, -0.2) is 9.78 Å². The molecule has 0 bridgehead atoms. The minimum atomic E-state index is 0.487. The maximum absolute atomic E-state index is 5.82. The topological polar surface area (TPSA) is 27.1 Å². The summed E-state index contributed by atoms with van der Waals surface area (Å²) >= 11 is 9.37. The van der Waals surface area contributed by atoms with E-state index in [2.05, 4.69) is 28.0 Å². The number of aromatic nitrogens is 2. The molecule has 0 radical (unpaired) electrons. The van der Waals surface area contributed by atoms with Crippen molar-refractivity contribution in [2.75, 3.05) is 0 Å². The second kappa shape index (κ2) is 6.44. The summed E-state index contributed by atoms with van der Waals surface area (Å²) in [6.45, 7) is 5.36. The summed E-state index contributed by atoms with van der Waals surface area (Å²) in [4.78, 5) is 0. The van der Waals surface area contributed by atoms with Crippen LogP contribution >= 0.6 is 27.5 Å². The van der Waals surface area contributed by atoms with Gasteiger partial charge in [-0.05, 0) is 47.5 Å². The number of hydrogen-bond acceptors (Lipinski definition) is 2. The van der Waals surface area contributed by atoms with Crippen molar-refractivity contribution in [3.63, 3.8) is 0 Å². The van der Waals surface area contributed by atoms with Gasteiger partial charge < -0.3 is 4.74 Å². The Hall–Kier alpha value is -1.00. The molecular weight excluding hydrogens is 328 g/mol. The molecule has 0 amide bonds. The van der Waals surface area contributed by atoms with Crippen molar-refractivity contribution in [2.45, 2.75) is 32.9 Å². The van der Waals surface area contributed by atoms with Crippen molar-refractivity contribution in [3.8, 4) is 5.75 Å². The lowest BCUT2D eigenvalue weighted by Gasteiger charge is -2.09. The summed E-state index contributed by atoms with van der Waals surface area (Å²) in [6, 6.07) is 7.82. The van der Waals surface area contributed by atoms with Gasteiger partial charge in [0, 0.05) is 12.4 Å². The number of alkyl halides is 1. The Kier molecular flexibility index (Phi) is 4.88. The first-order valence-corrected chi connectivity index (χ1v) is 7.48. The van der Waals surface area contributed by atoms with Crippen LogP contribution in [0.5, 0.6) is 5.75 Å². The largest absolute Gasteiger partial charge is 0.487 e. The van der Waals surface area contributed by atoms with E-state index in [4.69, 9.17) is 16.3 Å². The molecule has 0 fully saturated rings. The SMILES string of the molecule is CCn1nc(C)c(Br)c1COc1cccc(CCl)c1. The second-order valence-electron chi connectivity index (χ2n) is 4.23. The standard InChI is InChI=1S/C14H16BrClN2O/c1-3-18-13(14(15)10(2)17-18)9-19-12-6-4-5-11(7-12)8-16/h4-7H,3,8-9H2,1-2H3. The van der Waals surface area contributed by atoms with Crippen LogP contribution < -0.4 is 4.74 Å². The van der Waals surface area contributed by atoms with E-state index in [1.165, 1.54) is 0 Å². The normalized spacial score (nSPS) is 10.7. The molecule has 0 saturated heterocycles. The Bertz CT molecular complexity index is 569. The van der Waals surface area contributed by atoms with Crippen molar-refractivity contribution >= 4 is 27.5 Å². The van der Waals surface area contributed by atoms with Gasteiger partial charge in [-0.2, -0.15) is 5.10 Å². The molecule has 1 aromatic heterocycles. The Balaban J connectivity index is 2.14. The molecule has 0 saturated carbocycles. The fourth-order valence-electron chi connectivity index (χ4n) is 1.88. The van der Waals surface area contributed by atoms with E-state index in [0.717, 1.165) is 33.7 Å². The van der Waals surface area contributed by atoms with E-state index in [0.29, 0.717) is 12.5 Å². The van der Waals surface area contributed by atoms with Gasteiger partial charge in [0.1, 0.15) is 12.4 Å². The van der Waals surface area contributed by atoms with Gasteiger partial charge in [0.2, 0.25) is 0 Å². The highest BCUT2D eigenvalue weighted by atomic mass is 79.9. The quantitative estimate of drug-likeness (QED) is 0.757. The van der Waals surface area contributed by atoms with E-state index in [-0.39, 0.29) is 0 Å². The number of rotatable bonds is 5. The Morgan fingerprint density at radius 2 is 2.21 bits per heavy atom. The van der Waals surface area contributed by atoms with Gasteiger partial charge >= 0.3 is 0 Å². The molecule has 0 aliphatic heterocycles. The number of hydrogen-bond donors (Lipinski definition) is 0. The lowest BCUT2D eigenvalue weighted by molar-refractivity contribution is 0.291. The fourth-order valence-corrected chi connectivity index (χ4v) is 2.44. The lowest BCUT2D eigenvalue weighted by Crippen LogP contribution is -2.06. The minimum Gasteiger partial charge on any atom is -0.487 e. The van der Waals surface area contributed by atoms with E-state index >= 15 is 0 Å². The fraction of sp³-hybridized carbons (Fsp3) is 0.357. The maximum Gasteiger partial charge on any atom is 0.131 e. The molecule has 1 heterocycles. The number of aryl methyl sites for hydroxylation is 2. The monoisotopic (exact) mass is 342 g/mol. The highest BCUT2D eigenvalue weighted by Gasteiger charge is 2.12. The molecule has 0 spiro atoms. The third-order valence-corrected chi connectivity index (χ3v) is 4.22. The highest BCUT2D eigenvalue weighted by Crippen LogP contribution is 2.23. The molecule has 0 atom stereocenters. The lowest BCUT2D eigenvalue weighted by atomic mass is 10.2. The van der Waals surface area contributed by atoms with Gasteiger partial charge in [0.25, 0.3) is 0 Å². The molecule has 102 valence electrons. The Morgan fingerprint density at radius 1 is 1.42 bits per heavy atom. The van der Waals surface area contributed by atoms with Crippen LogP contribution in [0.25, 0.3) is 0 Å². The van der Waals surface area contributed by atoms with Gasteiger partial charge in [-0.25, -0.2) is 0 Å². The molecule has 0 aliphatic carbocycles. The molecule has 2 aromatic rings. The van der Waals surface area contributed by atoms with Gasteiger partial charge in [-0.1, -0.05) is 12.1 Å². The van der Waals surface area contributed by atoms with E-state index in [1.54, 1.807) is 0 Å². The average Bonchev–Trinajstić information content (AvgIpc) is 2.72. The van der Waals surface area contributed by atoms with Gasteiger partial charge in [-0.3, -0.25) is 4.68 Å². The molecule has 3 nitrogen and oxygen atoms in total. The molecule has 0 N–H and O–H groups in total. The third kappa shape index (κ3) is 3.31. The zero-order valence-electron chi connectivity index (χ0n) is 11.0. The number of ether oxygens (including phenoxy) is 1. The molecule has 0 aliphatic rings. The van der Waals surface area contributed by atoms with E-state index < -0.39 is 0 Å². The Morgan fingerprint density at radius 3 is 2.89 bits per heavy atom. The minimum absolute atomic E-state index is 0.487. The van der Waals surface area contributed by atoms with Crippen molar-refractivity contribution in [1.29, 1.82) is 0 Å². The molecule has 1 aromatic carbocycles. The van der Waals surface area contributed by atoms with E-state index in [9.17, 15) is 0 Å². The van der Waals surface area contributed by atoms with Crippen LogP contribution in [0.2, 0.25) is 0 Å². The number of benzene rings is 1. The van der Waals surface area contributed by atoms with Gasteiger partial charge in [0.05, 0.1) is 15.9 Å². The average molecular weight is 344 g/mol. The number of nitrogens with zero attached hydrogens (tertiary/aromatic N) is 2. The molecule has 2 rings (SSSR count). The van der Waals surface area contributed by atoms with Gasteiger partial charge in [0.15, 0.2) is 0 Å². The summed E-state index contributed by atoms with van der Waals surface area (Å²) in [5, 5.41) is 4.44. The maximum atomic E-state index is 5.82. The predicted octanol–water partition coefficient (Wildman–Crippen LogP) is 4.29. The summed E-state index contributed by atoms with van der Waals surface area (Å²) in [5.41, 5.74) is 3.09. The molecule has 0 unspecified atom stereocenters. The van der Waals surface area contributed by atoms with Crippen molar-refractivity contribution in [2.24, 2.45) is 0 Å². The first-order valence-electron chi connectivity index (χ1n) is 6.15. The van der Waals surface area contributed by atoms with Crippen LogP contribution in [0, 0.1) is 6.92 Å². The van der Waals surface area contributed by atoms with Crippen molar-refractivity contribution in [3.05, 3.63) is 45.7 Å². The second-order valence-corrected chi connectivity index (χ2v) is 5.29.